The summed E-state index contributed by atoms with van der Waals surface area (Å²) >= 11 is 0. The maximum Gasteiger partial charge on any atom is 0.359 e. The van der Waals surface area contributed by atoms with Gasteiger partial charge in [-0.3, -0.25) is 10.6 Å². The Morgan fingerprint density at radius 2 is 2.00 bits per heavy atom. The van der Waals surface area contributed by atoms with Crippen LogP contribution in [0.4, 0.5) is 10.5 Å². The van der Waals surface area contributed by atoms with E-state index in [0.29, 0.717) is 17.2 Å². The van der Waals surface area contributed by atoms with Gasteiger partial charge >= 0.3 is 6.03 Å². The van der Waals surface area contributed by atoms with Crippen LogP contribution in [0.3, 0.4) is 0 Å². The van der Waals surface area contributed by atoms with E-state index in [1.54, 1.807) is 12.1 Å². The van der Waals surface area contributed by atoms with Gasteiger partial charge in [-0.25, -0.2) is 15.3 Å². The lowest BCUT2D eigenvalue weighted by Crippen LogP contribution is -2.38. The molecule has 6 heteroatoms. The van der Waals surface area contributed by atoms with Crippen molar-refractivity contribution < 1.29 is 15.1 Å². The van der Waals surface area contributed by atoms with Gasteiger partial charge in [-0.15, -0.1) is 0 Å². The van der Waals surface area contributed by atoms with Crippen LogP contribution >= 0.6 is 0 Å². The molecule has 1 aromatic rings. The predicted octanol–water partition coefficient (Wildman–Crippen LogP) is 0.579. The molecule has 2 amide bonds. The summed E-state index contributed by atoms with van der Waals surface area (Å²) in [5.41, 5.74) is 6.62. The number of amides is 2. The zero-order chi connectivity index (χ0) is 12.0. The minimum Gasteiger partial charge on any atom is -0.396 e. The standard InChI is InChI=1S/C10H15N3O3/c1-13(16)10(15)12-11-9-4-2-8(3-5-9)6-7-14/h2-5,11,14,16H,6-7H2,1H3,(H,12,15). The van der Waals surface area contributed by atoms with Crippen LogP contribution in [0.5, 0.6) is 0 Å². The number of nitrogens with one attached hydrogen (secondary N) is 2. The molecule has 0 heterocycles. The van der Waals surface area contributed by atoms with Gasteiger partial charge in [-0.05, 0) is 24.1 Å². The Hall–Kier alpha value is -1.79. The lowest BCUT2D eigenvalue weighted by atomic mass is 10.1. The van der Waals surface area contributed by atoms with E-state index in [9.17, 15) is 4.79 Å². The van der Waals surface area contributed by atoms with E-state index < -0.39 is 6.03 Å². The topological polar surface area (TPSA) is 84.8 Å². The Labute approximate surface area is 93.4 Å². The highest BCUT2D eigenvalue weighted by molar-refractivity contribution is 5.74. The normalized spacial score (nSPS) is 9.69. The van der Waals surface area contributed by atoms with Crippen LogP contribution in [0.2, 0.25) is 0 Å². The number of benzene rings is 1. The second-order valence-electron chi connectivity index (χ2n) is 3.25. The van der Waals surface area contributed by atoms with E-state index in [0.717, 1.165) is 5.56 Å². The van der Waals surface area contributed by atoms with E-state index >= 15 is 0 Å². The van der Waals surface area contributed by atoms with Crippen molar-refractivity contribution in [3.63, 3.8) is 0 Å². The van der Waals surface area contributed by atoms with Crippen LogP contribution in [-0.2, 0) is 6.42 Å². The van der Waals surface area contributed by atoms with E-state index in [2.05, 4.69) is 10.9 Å². The highest BCUT2D eigenvalue weighted by Crippen LogP contribution is 2.08. The molecule has 0 saturated heterocycles. The molecule has 0 aliphatic carbocycles. The summed E-state index contributed by atoms with van der Waals surface area (Å²) in [6.45, 7) is 0.110. The number of anilines is 1. The molecular weight excluding hydrogens is 210 g/mol. The van der Waals surface area contributed by atoms with Gasteiger partial charge in [0.2, 0.25) is 0 Å². The van der Waals surface area contributed by atoms with Crippen LogP contribution in [-0.4, -0.2) is 35.1 Å². The quantitative estimate of drug-likeness (QED) is 0.446. The summed E-state index contributed by atoms with van der Waals surface area (Å²) in [5, 5.41) is 17.9. The van der Waals surface area contributed by atoms with Gasteiger partial charge in [0.05, 0.1) is 5.69 Å². The van der Waals surface area contributed by atoms with Gasteiger partial charge in [0.15, 0.2) is 0 Å². The molecule has 0 aromatic heterocycles. The van der Waals surface area contributed by atoms with Gasteiger partial charge in [-0.2, -0.15) is 0 Å². The predicted molar refractivity (Wildman–Crippen MR) is 58.9 cm³/mol. The number of hydroxylamine groups is 2. The van der Waals surface area contributed by atoms with E-state index in [-0.39, 0.29) is 6.61 Å². The summed E-state index contributed by atoms with van der Waals surface area (Å²) in [6.07, 6.45) is 0.603. The number of urea groups is 1. The molecule has 1 rings (SSSR count). The van der Waals surface area contributed by atoms with Crippen molar-refractivity contribution in [3.8, 4) is 0 Å². The van der Waals surface area contributed by atoms with E-state index in [4.69, 9.17) is 10.3 Å². The molecule has 16 heavy (non-hydrogen) atoms. The van der Waals surface area contributed by atoms with Gasteiger partial charge in [0.1, 0.15) is 0 Å². The highest BCUT2D eigenvalue weighted by atomic mass is 16.5. The number of carbonyl (C=O) groups is 1. The molecule has 0 spiro atoms. The largest absolute Gasteiger partial charge is 0.396 e. The van der Waals surface area contributed by atoms with Crippen molar-refractivity contribution >= 4 is 11.7 Å². The van der Waals surface area contributed by atoms with Crippen molar-refractivity contribution in [2.75, 3.05) is 19.1 Å². The highest BCUT2D eigenvalue weighted by Gasteiger charge is 2.02. The van der Waals surface area contributed by atoms with Gasteiger partial charge in [-0.1, -0.05) is 12.1 Å². The molecule has 0 radical (unpaired) electrons. The molecule has 1 aromatic carbocycles. The first-order valence-electron chi connectivity index (χ1n) is 4.82. The fourth-order valence-corrected chi connectivity index (χ4v) is 1.09. The fraction of sp³-hybridized carbons (Fsp3) is 0.300. The Morgan fingerprint density at radius 3 is 2.50 bits per heavy atom. The smallest absolute Gasteiger partial charge is 0.359 e. The Morgan fingerprint density at radius 1 is 1.38 bits per heavy atom. The molecule has 0 fully saturated rings. The van der Waals surface area contributed by atoms with Crippen LogP contribution < -0.4 is 10.9 Å². The van der Waals surface area contributed by atoms with Crippen molar-refractivity contribution in [2.24, 2.45) is 0 Å². The molecule has 0 aliphatic rings. The van der Waals surface area contributed by atoms with Crippen LogP contribution in [0.15, 0.2) is 24.3 Å². The molecule has 0 aliphatic heterocycles. The maximum atomic E-state index is 11.0. The first-order valence-corrected chi connectivity index (χ1v) is 4.82. The van der Waals surface area contributed by atoms with Crippen LogP contribution in [0, 0.1) is 0 Å². The second kappa shape index (κ2) is 5.94. The summed E-state index contributed by atoms with van der Waals surface area (Å²) in [6, 6.07) is 6.56. The number of carbonyl (C=O) groups excluding carboxylic acids is 1. The van der Waals surface area contributed by atoms with E-state index in [1.807, 2.05) is 12.1 Å². The summed E-state index contributed by atoms with van der Waals surface area (Å²) in [4.78, 5) is 11.0. The molecule has 0 unspecified atom stereocenters. The number of aliphatic hydroxyl groups is 1. The fourth-order valence-electron chi connectivity index (χ4n) is 1.09. The molecule has 0 bridgehead atoms. The molecule has 88 valence electrons. The second-order valence-corrected chi connectivity index (χ2v) is 3.25. The third-order valence-electron chi connectivity index (χ3n) is 1.96. The monoisotopic (exact) mass is 225 g/mol. The van der Waals surface area contributed by atoms with Gasteiger partial charge in [0, 0.05) is 13.7 Å². The zero-order valence-corrected chi connectivity index (χ0v) is 8.97. The molecule has 4 N–H and O–H groups in total. The number of hydrazine groups is 1. The SMILES string of the molecule is CN(O)C(=O)NNc1ccc(CCO)cc1. The van der Waals surface area contributed by atoms with Crippen molar-refractivity contribution in [3.05, 3.63) is 29.8 Å². The Kier molecular flexibility index (Phi) is 4.56. The maximum absolute atomic E-state index is 11.0. The minimum absolute atomic E-state index is 0.110. The lowest BCUT2D eigenvalue weighted by molar-refractivity contribution is -0.0174. The molecule has 6 nitrogen and oxygen atoms in total. The average Bonchev–Trinajstić information content (AvgIpc) is 2.28. The lowest BCUT2D eigenvalue weighted by Gasteiger charge is -2.12. The zero-order valence-electron chi connectivity index (χ0n) is 8.97. The van der Waals surface area contributed by atoms with E-state index in [1.165, 1.54) is 7.05 Å². The van der Waals surface area contributed by atoms with Crippen LogP contribution in [0.25, 0.3) is 0 Å². The first-order chi connectivity index (χ1) is 7.63. The summed E-state index contributed by atoms with van der Waals surface area (Å²) < 4.78 is 0. The first kappa shape index (κ1) is 12.3. The molecule has 0 saturated carbocycles. The van der Waals surface area contributed by atoms with Gasteiger partial charge in [0.25, 0.3) is 0 Å². The third kappa shape index (κ3) is 3.76. The number of hydrogen-bond donors (Lipinski definition) is 4. The number of hydrogen-bond acceptors (Lipinski definition) is 4. The number of aliphatic hydroxyl groups excluding tert-OH is 1. The summed E-state index contributed by atoms with van der Waals surface area (Å²) in [5.74, 6) is 0. The average molecular weight is 225 g/mol. The minimum atomic E-state index is -0.653. The number of rotatable bonds is 4. The number of nitrogens with zero attached hydrogens (tertiary/aromatic N) is 1. The Balaban J connectivity index is 2.46. The molecule has 0 atom stereocenters. The molecular formula is C10H15N3O3. The van der Waals surface area contributed by atoms with Crippen molar-refractivity contribution in [1.82, 2.24) is 10.5 Å². The van der Waals surface area contributed by atoms with Crippen molar-refractivity contribution in [2.45, 2.75) is 6.42 Å². The van der Waals surface area contributed by atoms with Crippen molar-refractivity contribution in [1.29, 1.82) is 0 Å². The third-order valence-corrected chi connectivity index (χ3v) is 1.96. The van der Waals surface area contributed by atoms with Gasteiger partial charge < -0.3 is 5.11 Å². The Bertz CT molecular complexity index is 338. The van der Waals surface area contributed by atoms with Crippen LogP contribution in [0.1, 0.15) is 5.56 Å². The summed E-state index contributed by atoms with van der Waals surface area (Å²) in [7, 11) is 1.22.